The van der Waals surface area contributed by atoms with Crippen molar-refractivity contribution in [3.05, 3.63) is 0 Å². The number of hydrogen-bond acceptors (Lipinski definition) is 3. The molecule has 2 rings (SSSR count). The van der Waals surface area contributed by atoms with Crippen molar-refractivity contribution in [3.63, 3.8) is 0 Å². The molecule has 118 valence electrons. The molecule has 0 amide bonds. The molecule has 2 fully saturated rings. The summed E-state index contributed by atoms with van der Waals surface area (Å²) in [5, 5.41) is 3.82. The van der Waals surface area contributed by atoms with Gasteiger partial charge in [-0.15, -0.1) is 0 Å². The molecule has 2 atom stereocenters. The second-order valence-electron chi connectivity index (χ2n) is 6.59. The van der Waals surface area contributed by atoms with Crippen LogP contribution in [0.15, 0.2) is 0 Å². The van der Waals surface area contributed by atoms with Gasteiger partial charge in [-0.05, 0) is 51.1 Å². The van der Waals surface area contributed by atoms with Gasteiger partial charge in [0.2, 0.25) is 0 Å². The van der Waals surface area contributed by atoms with Crippen LogP contribution in [0.2, 0.25) is 0 Å². The average Bonchev–Trinajstić information content (AvgIpc) is 3.14. The normalized spacial score (nSPS) is 25.6. The molecule has 0 spiro atoms. The third-order valence-corrected chi connectivity index (χ3v) is 5.01. The van der Waals surface area contributed by atoms with Gasteiger partial charge in [0, 0.05) is 25.7 Å². The van der Waals surface area contributed by atoms with Crippen LogP contribution in [0.1, 0.15) is 58.8 Å². The van der Waals surface area contributed by atoms with Gasteiger partial charge in [0.25, 0.3) is 0 Å². The molecule has 1 saturated heterocycles. The molecule has 20 heavy (non-hydrogen) atoms. The minimum atomic E-state index is 0.491. The van der Waals surface area contributed by atoms with E-state index in [-0.39, 0.29) is 0 Å². The Hall–Kier alpha value is -0.120. The van der Waals surface area contributed by atoms with Crippen LogP contribution in [0, 0.1) is 5.92 Å². The maximum atomic E-state index is 5.81. The van der Waals surface area contributed by atoms with Gasteiger partial charge in [0.1, 0.15) is 0 Å². The summed E-state index contributed by atoms with van der Waals surface area (Å²) in [5.74, 6) is 0.903. The summed E-state index contributed by atoms with van der Waals surface area (Å²) in [4.78, 5) is 2.61. The summed E-state index contributed by atoms with van der Waals surface area (Å²) in [5.41, 5.74) is 0. The lowest BCUT2D eigenvalue weighted by molar-refractivity contribution is 0.0686. The molecule has 1 aliphatic heterocycles. The quantitative estimate of drug-likeness (QED) is 0.703. The second-order valence-corrected chi connectivity index (χ2v) is 6.59. The minimum absolute atomic E-state index is 0.491. The molecular weight excluding hydrogens is 248 g/mol. The highest BCUT2D eigenvalue weighted by molar-refractivity contribution is 4.84. The van der Waals surface area contributed by atoms with E-state index in [1.165, 1.54) is 58.0 Å². The zero-order chi connectivity index (χ0) is 14.2. The number of rotatable bonds is 9. The number of hydrogen-bond donors (Lipinski definition) is 1. The fraction of sp³-hybridized carbons (Fsp3) is 1.00. The van der Waals surface area contributed by atoms with E-state index in [1.807, 2.05) is 0 Å². The Morgan fingerprint density at radius 2 is 1.95 bits per heavy atom. The molecule has 3 heteroatoms. The van der Waals surface area contributed by atoms with Crippen molar-refractivity contribution in [1.82, 2.24) is 10.2 Å². The minimum Gasteiger partial charge on any atom is -0.377 e. The molecule has 2 aliphatic rings. The van der Waals surface area contributed by atoms with Crippen LogP contribution in [-0.4, -0.2) is 49.8 Å². The van der Waals surface area contributed by atoms with Crippen molar-refractivity contribution in [1.29, 1.82) is 0 Å². The van der Waals surface area contributed by atoms with Crippen LogP contribution >= 0.6 is 0 Å². The van der Waals surface area contributed by atoms with E-state index in [0.29, 0.717) is 12.1 Å². The predicted molar refractivity (Wildman–Crippen MR) is 85.1 cm³/mol. The first kappa shape index (κ1) is 16.3. The molecule has 3 nitrogen and oxygen atoms in total. The van der Waals surface area contributed by atoms with Crippen molar-refractivity contribution in [2.45, 2.75) is 70.9 Å². The van der Waals surface area contributed by atoms with Gasteiger partial charge >= 0.3 is 0 Å². The first-order valence-corrected chi connectivity index (χ1v) is 8.90. The lowest BCUT2D eigenvalue weighted by Gasteiger charge is -2.32. The molecule has 0 bridgehead atoms. The van der Waals surface area contributed by atoms with E-state index in [1.54, 1.807) is 0 Å². The third kappa shape index (κ3) is 5.01. The topological polar surface area (TPSA) is 24.5 Å². The van der Waals surface area contributed by atoms with E-state index in [9.17, 15) is 0 Å². The molecule has 0 aromatic rings. The molecule has 0 radical (unpaired) electrons. The van der Waals surface area contributed by atoms with Crippen molar-refractivity contribution in [3.8, 4) is 0 Å². The van der Waals surface area contributed by atoms with Crippen LogP contribution in [0.25, 0.3) is 0 Å². The van der Waals surface area contributed by atoms with E-state index >= 15 is 0 Å². The maximum Gasteiger partial charge on any atom is 0.0702 e. The van der Waals surface area contributed by atoms with Gasteiger partial charge < -0.3 is 10.1 Å². The van der Waals surface area contributed by atoms with Gasteiger partial charge in [-0.25, -0.2) is 0 Å². The predicted octanol–water partition coefficient (Wildman–Crippen LogP) is 3.05. The van der Waals surface area contributed by atoms with Gasteiger partial charge in [0.15, 0.2) is 0 Å². The summed E-state index contributed by atoms with van der Waals surface area (Å²) in [6.45, 7) is 10.2. The highest BCUT2D eigenvalue weighted by atomic mass is 16.5. The molecule has 0 aromatic carbocycles. The van der Waals surface area contributed by atoms with Crippen LogP contribution in [0.3, 0.4) is 0 Å². The van der Waals surface area contributed by atoms with Gasteiger partial charge in [-0.1, -0.05) is 26.7 Å². The van der Waals surface area contributed by atoms with Crippen LogP contribution < -0.4 is 5.32 Å². The van der Waals surface area contributed by atoms with Crippen molar-refractivity contribution in [2.24, 2.45) is 5.92 Å². The molecule has 2 unspecified atom stereocenters. The zero-order valence-electron chi connectivity index (χ0n) is 13.6. The number of ether oxygens (including phenoxy) is 1. The lowest BCUT2D eigenvalue weighted by atomic mass is 9.97. The maximum absolute atomic E-state index is 5.81. The SMILES string of the molecule is CCCNC(CN(CC)CC1CCCO1)C1CCCC1. The molecule has 1 heterocycles. The standard InChI is InChI=1S/C17H34N2O/c1-3-11-18-17(15-8-5-6-9-15)14-19(4-2)13-16-10-7-12-20-16/h15-18H,3-14H2,1-2H3. The number of nitrogens with one attached hydrogen (secondary N) is 1. The zero-order valence-corrected chi connectivity index (χ0v) is 13.6. The number of likely N-dealkylation sites (N-methyl/N-ethyl adjacent to an activating group) is 1. The Bertz CT molecular complexity index is 247. The Labute approximate surface area is 125 Å². The summed E-state index contributed by atoms with van der Waals surface area (Å²) >= 11 is 0. The average molecular weight is 282 g/mol. The molecular formula is C17H34N2O. The lowest BCUT2D eigenvalue weighted by Crippen LogP contribution is -2.47. The first-order chi connectivity index (χ1) is 9.83. The van der Waals surface area contributed by atoms with Crippen LogP contribution in [-0.2, 0) is 4.74 Å². The molecule has 0 aromatic heterocycles. The third-order valence-electron chi connectivity index (χ3n) is 5.01. The summed E-state index contributed by atoms with van der Waals surface area (Å²) in [6, 6.07) is 0.693. The molecule has 1 aliphatic carbocycles. The van der Waals surface area contributed by atoms with Gasteiger partial charge in [-0.2, -0.15) is 0 Å². The highest BCUT2D eigenvalue weighted by Crippen LogP contribution is 2.28. The highest BCUT2D eigenvalue weighted by Gasteiger charge is 2.27. The summed E-state index contributed by atoms with van der Waals surface area (Å²) < 4.78 is 5.81. The summed E-state index contributed by atoms with van der Waals surface area (Å²) in [7, 11) is 0. The second kappa shape index (κ2) is 9.01. The fourth-order valence-corrected chi connectivity index (χ4v) is 3.76. The Balaban J connectivity index is 1.82. The van der Waals surface area contributed by atoms with E-state index in [0.717, 1.165) is 25.6 Å². The van der Waals surface area contributed by atoms with E-state index in [4.69, 9.17) is 4.74 Å². The van der Waals surface area contributed by atoms with Crippen molar-refractivity contribution >= 4 is 0 Å². The molecule has 1 saturated carbocycles. The Kier molecular flexibility index (Phi) is 7.32. The van der Waals surface area contributed by atoms with Gasteiger partial charge in [-0.3, -0.25) is 4.90 Å². The van der Waals surface area contributed by atoms with Crippen molar-refractivity contribution in [2.75, 3.05) is 32.8 Å². The van der Waals surface area contributed by atoms with Crippen LogP contribution in [0.5, 0.6) is 0 Å². The van der Waals surface area contributed by atoms with E-state index in [2.05, 4.69) is 24.1 Å². The Morgan fingerprint density at radius 1 is 1.15 bits per heavy atom. The first-order valence-electron chi connectivity index (χ1n) is 8.90. The number of nitrogens with zero attached hydrogens (tertiary/aromatic N) is 1. The summed E-state index contributed by atoms with van der Waals surface area (Å²) in [6.07, 6.45) is 9.97. The fourth-order valence-electron chi connectivity index (χ4n) is 3.76. The molecule has 1 N–H and O–H groups in total. The van der Waals surface area contributed by atoms with Crippen molar-refractivity contribution < 1.29 is 4.74 Å². The monoisotopic (exact) mass is 282 g/mol. The smallest absolute Gasteiger partial charge is 0.0702 e. The van der Waals surface area contributed by atoms with Crippen LogP contribution in [0.4, 0.5) is 0 Å². The Morgan fingerprint density at radius 3 is 2.55 bits per heavy atom. The largest absolute Gasteiger partial charge is 0.377 e. The van der Waals surface area contributed by atoms with E-state index < -0.39 is 0 Å². The van der Waals surface area contributed by atoms with Gasteiger partial charge in [0.05, 0.1) is 6.10 Å².